The Labute approximate surface area is 126 Å². The van der Waals surface area contributed by atoms with Crippen LogP contribution in [0.1, 0.15) is 23.1 Å². The van der Waals surface area contributed by atoms with E-state index in [2.05, 4.69) is 21.0 Å². The van der Waals surface area contributed by atoms with Crippen LogP contribution in [-0.2, 0) is 7.05 Å². The summed E-state index contributed by atoms with van der Waals surface area (Å²) in [5.41, 5.74) is 3.12. The first-order valence-electron chi connectivity index (χ1n) is 6.42. The lowest BCUT2D eigenvalue weighted by molar-refractivity contribution is 0.780. The van der Waals surface area contributed by atoms with Gasteiger partial charge < -0.3 is 4.57 Å². The van der Waals surface area contributed by atoms with E-state index in [0.29, 0.717) is 11.5 Å². The van der Waals surface area contributed by atoms with Gasteiger partial charge in [0.1, 0.15) is 11.7 Å². The van der Waals surface area contributed by atoms with Gasteiger partial charge in [-0.15, -0.1) is 0 Å². The number of nitriles is 1. The van der Waals surface area contributed by atoms with Crippen LogP contribution < -0.4 is 0 Å². The number of rotatable bonds is 2. The number of benzene rings is 1. The third-order valence-corrected chi connectivity index (χ3v) is 3.52. The van der Waals surface area contributed by atoms with Crippen molar-refractivity contribution in [1.82, 2.24) is 19.5 Å². The Morgan fingerprint density at radius 2 is 2.00 bits per heavy atom. The Kier molecular flexibility index (Phi) is 3.32. The van der Waals surface area contributed by atoms with Crippen molar-refractivity contribution < 1.29 is 0 Å². The van der Waals surface area contributed by atoms with Crippen molar-refractivity contribution in [2.75, 3.05) is 0 Å². The van der Waals surface area contributed by atoms with Crippen molar-refractivity contribution in [3.63, 3.8) is 0 Å². The van der Waals surface area contributed by atoms with Crippen LogP contribution in [0.3, 0.4) is 0 Å². The fourth-order valence-corrected chi connectivity index (χ4v) is 2.61. The average Bonchev–Trinajstić information content (AvgIpc) is 2.77. The Morgan fingerprint density at radius 1 is 1.24 bits per heavy atom. The number of nitrogens with zero attached hydrogens (tertiary/aromatic N) is 5. The molecule has 6 heteroatoms. The zero-order valence-electron chi connectivity index (χ0n) is 11.6. The first-order valence-corrected chi connectivity index (χ1v) is 6.80. The van der Waals surface area contributed by atoms with E-state index in [9.17, 15) is 5.26 Å². The number of halogens is 1. The Balaban J connectivity index is 2.19. The highest BCUT2D eigenvalue weighted by Gasteiger charge is 2.22. The highest BCUT2D eigenvalue weighted by atomic mass is 35.5. The van der Waals surface area contributed by atoms with Crippen molar-refractivity contribution in [3.05, 3.63) is 52.8 Å². The normalized spacial score (nSPS) is 12.3. The molecule has 104 valence electrons. The minimum Gasteiger partial charge on any atom is -0.330 e. The van der Waals surface area contributed by atoms with E-state index in [1.165, 1.54) is 0 Å². The molecular formula is C15H12ClN5. The maximum Gasteiger partial charge on any atom is 0.222 e. The van der Waals surface area contributed by atoms with Gasteiger partial charge in [0, 0.05) is 12.7 Å². The molecule has 3 aromatic rings. The van der Waals surface area contributed by atoms with Gasteiger partial charge in [-0.2, -0.15) is 5.26 Å². The minimum atomic E-state index is -0.582. The molecular weight excluding hydrogens is 286 g/mol. The molecule has 0 fully saturated rings. The number of hydrogen-bond acceptors (Lipinski definition) is 4. The van der Waals surface area contributed by atoms with Gasteiger partial charge in [0.05, 0.1) is 22.8 Å². The van der Waals surface area contributed by atoms with Crippen molar-refractivity contribution in [2.24, 2.45) is 7.05 Å². The van der Waals surface area contributed by atoms with Crippen LogP contribution in [0.5, 0.6) is 0 Å². The zero-order valence-corrected chi connectivity index (χ0v) is 12.3. The van der Waals surface area contributed by atoms with Crippen LogP contribution in [0.15, 0.2) is 30.3 Å². The molecule has 2 heterocycles. The summed E-state index contributed by atoms with van der Waals surface area (Å²) in [6.07, 6.45) is 0. The second kappa shape index (κ2) is 5.15. The Bertz CT molecular complexity index is 842. The Morgan fingerprint density at radius 3 is 2.67 bits per heavy atom. The summed E-state index contributed by atoms with van der Waals surface area (Å²) in [6.45, 7) is 1.82. The largest absolute Gasteiger partial charge is 0.330 e. The number of hydrogen-bond donors (Lipinski definition) is 0. The highest BCUT2D eigenvalue weighted by Crippen LogP contribution is 2.26. The molecule has 0 saturated heterocycles. The average molecular weight is 298 g/mol. The molecule has 3 rings (SSSR count). The van der Waals surface area contributed by atoms with Gasteiger partial charge >= 0.3 is 0 Å². The SMILES string of the molecule is Cc1cc(C(C#N)c2nc3ccccc3n2C)nc(Cl)n1. The van der Waals surface area contributed by atoms with E-state index in [1.807, 2.05) is 42.8 Å². The quantitative estimate of drug-likeness (QED) is 0.682. The van der Waals surface area contributed by atoms with E-state index >= 15 is 0 Å². The summed E-state index contributed by atoms with van der Waals surface area (Å²) in [6, 6.07) is 11.8. The number of fused-ring (bicyclic) bond motifs is 1. The van der Waals surface area contributed by atoms with Crippen LogP contribution in [0, 0.1) is 18.3 Å². The van der Waals surface area contributed by atoms with Crippen molar-refractivity contribution >= 4 is 22.6 Å². The summed E-state index contributed by atoms with van der Waals surface area (Å²) in [4.78, 5) is 12.8. The second-order valence-electron chi connectivity index (χ2n) is 4.78. The van der Waals surface area contributed by atoms with Crippen molar-refractivity contribution in [1.29, 1.82) is 5.26 Å². The lowest BCUT2D eigenvalue weighted by atomic mass is 10.1. The van der Waals surface area contributed by atoms with E-state index in [0.717, 1.165) is 16.7 Å². The molecule has 0 radical (unpaired) electrons. The van der Waals surface area contributed by atoms with Crippen molar-refractivity contribution in [2.45, 2.75) is 12.8 Å². The molecule has 1 atom stereocenters. The molecule has 1 unspecified atom stereocenters. The molecule has 0 spiro atoms. The van der Waals surface area contributed by atoms with E-state index in [1.54, 1.807) is 6.07 Å². The molecule has 5 nitrogen and oxygen atoms in total. The minimum absolute atomic E-state index is 0.143. The molecule has 0 saturated carbocycles. The van der Waals surface area contributed by atoms with E-state index in [-0.39, 0.29) is 5.28 Å². The monoisotopic (exact) mass is 297 g/mol. The lowest BCUT2D eigenvalue weighted by Crippen LogP contribution is -2.09. The highest BCUT2D eigenvalue weighted by molar-refractivity contribution is 6.28. The number of aryl methyl sites for hydroxylation is 2. The molecule has 0 aliphatic heterocycles. The Hall–Kier alpha value is -2.45. The summed E-state index contributed by atoms with van der Waals surface area (Å²) in [7, 11) is 1.89. The summed E-state index contributed by atoms with van der Waals surface area (Å²) in [5, 5.41) is 9.70. The lowest BCUT2D eigenvalue weighted by Gasteiger charge is -2.09. The first kappa shape index (κ1) is 13.5. The summed E-state index contributed by atoms with van der Waals surface area (Å²) < 4.78 is 1.91. The van der Waals surface area contributed by atoms with Crippen LogP contribution in [0.25, 0.3) is 11.0 Å². The third kappa shape index (κ3) is 2.34. The third-order valence-electron chi connectivity index (χ3n) is 3.35. The molecule has 0 N–H and O–H groups in total. The van der Waals surface area contributed by atoms with Gasteiger partial charge in [-0.1, -0.05) is 12.1 Å². The van der Waals surface area contributed by atoms with Crippen LogP contribution >= 0.6 is 11.6 Å². The van der Waals surface area contributed by atoms with Gasteiger partial charge in [0.2, 0.25) is 5.28 Å². The van der Waals surface area contributed by atoms with Gasteiger partial charge in [-0.25, -0.2) is 15.0 Å². The predicted octanol–water partition coefficient (Wildman–Crippen LogP) is 2.98. The van der Waals surface area contributed by atoms with Crippen LogP contribution in [0.2, 0.25) is 5.28 Å². The fraction of sp³-hybridized carbons (Fsp3) is 0.200. The molecule has 0 bridgehead atoms. The maximum atomic E-state index is 9.56. The standard InChI is InChI=1S/C15H12ClN5/c1-9-7-12(20-15(16)18-9)10(8-17)14-19-11-5-3-4-6-13(11)21(14)2/h3-7,10H,1-2H3. The van der Waals surface area contributed by atoms with Gasteiger partial charge in [0.25, 0.3) is 0 Å². The topological polar surface area (TPSA) is 67.4 Å². The van der Waals surface area contributed by atoms with Crippen LogP contribution in [-0.4, -0.2) is 19.5 Å². The molecule has 0 amide bonds. The molecule has 21 heavy (non-hydrogen) atoms. The second-order valence-corrected chi connectivity index (χ2v) is 5.12. The predicted molar refractivity (Wildman–Crippen MR) is 79.9 cm³/mol. The smallest absolute Gasteiger partial charge is 0.222 e. The maximum absolute atomic E-state index is 9.56. The molecule has 0 aliphatic carbocycles. The number of para-hydroxylation sites is 2. The molecule has 0 aliphatic rings. The molecule has 2 aromatic heterocycles. The van der Waals surface area contributed by atoms with Gasteiger partial charge in [0.15, 0.2) is 0 Å². The first-order chi connectivity index (χ1) is 10.1. The van der Waals surface area contributed by atoms with Gasteiger partial charge in [-0.05, 0) is 36.7 Å². The number of imidazole rings is 1. The number of aromatic nitrogens is 4. The van der Waals surface area contributed by atoms with Crippen molar-refractivity contribution in [3.8, 4) is 6.07 Å². The summed E-state index contributed by atoms with van der Waals surface area (Å²) >= 11 is 5.90. The zero-order chi connectivity index (χ0) is 15.0. The van der Waals surface area contributed by atoms with Gasteiger partial charge in [-0.3, -0.25) is 0 Å². The fourth-order valence-electron chi connectivity index (χ4n) is 2.38. The molecule has 1 aromatic carbocycles. The van der Waals surface area contributed by atoms with E-state index < -0.39 is 5.92 Å². The van der Waals surface area contributed by atoms with E-state index in [4.69, 9.17) is 11.6 Å². The van der Waals surface area contributed by atoms with Crippen LogP contribution in [0.4, 0.5) is 0 Å². The summed E-state index contributed by atoms with van der Waals surface area (Å²) in [5.74, 6) is 0.0643.